The number of aryl methyl sites for hydroxylation is 1. The number of halogens is 2. The molecule has 0 atom stereocenters. The fourth-order valence-corrected chi connectivity index (χ4v) is 2.66. The Labute approximate surface area is 134 Å². The van der Waals surface area contributed by atoms with Gasteiger partial charge in [0.15, 0.2) is 0 Å². The number of hydrogen-bond acceptors (Lipinski definition) is 1. The number of para-hydroxylation sites is 1. The van der Waals surface area contributed by atoms with Gasteiger partial charge >= 0.3 is 5.97 Å². The zero-order valence-corrected chi connectivity index (χ0v) is 13.3. The van der Waals surface area contributed by atoms with Crippen LogP contribution in [0.4, 0.5) is 0 Å². The first-order valence-electron chi connectivity index (χ1n) is 7.17. The van der Waals surface area contributed by atoms with Crippen LogP contribution in [0.25, 0.3) is 10.9 Å². The van der Waals surface area contributed by atoms with Crippen molar-refractivity contribution < 1.29 is 9.90 Å². The van der Waals surface area contributed by atoms with Gasteiger partial charge in [-0.1, -0.05) is 54.2 Å². The number of fused-ring (bicyclic) bond motifs is 1. The Hall–Kier alpha value is -1.19. The molecule has 0 saturated carbocycles. The van der Waals surface area contributed by atoms with E-state index in [1.165, 1.54) is 16.6 Å². The van der Waals surface area contributed by atoms with E-state index in [0.717, 1.165) is 32.1 Å². The van der Waals surface area contributed by atoms with Gasteiger partial charge in [0.05, 0.1) is 0 Å². The molecule has 1 heterocycles. The topological polar surface area (TPSA) is 53.1 Å². The molecule has 0 saturated heterocycles. The number of carbonyl (C=O) groups is 1. The van der Waals surface area contributed by atoms with Gasteiger partial charge < -0.3 is 10.1 Å². The van der Waals surface area contributed by atoms with Crippen LogP contribution < -0.4 is 0 Å². The fourth-order valence-electron chi connectivity index (χ4n) is 2.39. The van der Waals surface area contributed by atoms with Crippen molar-refractivity contribution in [2.75, 3.05) is 0 Å². The number of carboxylic acid groups (broad SMARTS) is 1. The third-order valence-corrected chi connectivity index (χ3v) is 4.29. The Morgan fingerprint density at radius 2 is 1.86 bits per heavy atom. The molecule has 3 nitrogen and oxygen atoms in total. The summed E-state index contributed by atoms with van der Waals surface area (Å²) in [5.74, 6) is -1.16. The number of carboxylic acids is 1. The van der Waals surface area contributed by atoms with Crippen LogP contribution in [-0.4, -0.2) is 20.4 Å². The molecule has 0 unspecified atom stereocenters. The molecule has 114 valence electrons. The van der Waals surface area contributed by atoms with Crippen LogP contribution in [-0.2, 0) is 11.2 Å². The molecule has 0 amide bonds. The van der Waals surface area contributed by atoms with E-state index in [9.17, 15) is 4.79 Å². The minimum atomic E-state index is -1.64. The number of rotatable bonds is 8. The normalized spacial score (nSPS) is 11.9. The highest BCUT2D eigenvalue weighted by Crippen LogP contribution is 2.28. The third-order valence-electron chi connectivity index (χ3n) is 3.59. The summed E-state index contributed by atoms with van der Waals surface area (Å²) >= 11 is 11.4. The lowest BCUT2D eigenvalue weighted by atomic mass is 10.1. The molecule has 0 spiro atoms. The van der Waals surface area contributed by atoms with Crippen LogP contribution in [0.5, 0.6) is 0 Å². The summed E-state index contributed by atoms with van der Waals surface area (Å²) in [6, 6.07) is 10.4. The molecule has 21 heavy (non-hydrogen) atoms. The SMILES string of the molecule is O=C(O)C(Cl)(Cl)CCCCCCc1cc2ccccc2[nH]1. The maximum atomic E-state index is 10.7. The summed E-state index contributed by atoms with van der Waals surface area (Å²) in [4.78, 5) is 14.1. The summed E-state index contributed by atoms with van der Waals surface area (Å²) in [5.41, 5.74) is 2.41. The molecular formula is C16H19Cl2NO2. The summed E-state index contributed by atoms with van der Waals surface area (Å²) < 4.78 is -1.64. The Bertz CT molecular complexity index is 574. The lowest BCUT2D eigenvalue weighted by Crippen LogP contribution is -2.25. The number of hydrogen-bond donors (Lipinski definition) is 2. The van der Waals surface area contributed by atoms with Gasteiger partial charge in [0.25, 0.3) is 0 Å². The largest absolute Gasteiger partial charge is 0.479 e. The average Bonchev–Trinajstić information content (AvgIpc) is 2.85. The molecule has 0 aliphatic carbocycles. The highest BCUT2D eigenvalue weighted by molar-refractivity contribution is 6.57. The summed E-state index contributed by atoms with van der Waals surface area (Å²) in [6.45, 7) is 0. The predicted octanol–water partition coefficient (Wildman–Crippen LogP) is 4.92. The van der Waals surface area contributed by atoms with Crippen molar-refractivity contribution in [1.29, 1.82) is 0 Å². The minimum absolute atomic E-state index is 0.290. The van der Waals surface area contributed by atoms with Gasteiger partial charge in [-0.15, -0.1) is 0 Å². The number of unbranched alkanes of at least 4 members (excludes halogenated alkanes) is 3. The second-order valence-corrected chi connectivity index (χ2v) is 6.79. The molecule has 0 aliphatic heterocycles. The molecule has 0 aliphatic rings. The first-order valence-corrected chi connectivity index (χ1v) is 7.92. The van der Waals surface area contributed by atoms with E-state index in [1.807, 2.05) is 12.1 Å². The first-order chi connectivity index (χ1) is 9.99. The van der Waals surface area contributed by atoms with E-state index in [0.29, 0.717) is 0 Å². The van der Waals surface area contributed by atoms with Crippen LogP contribution in [0.2, 0.25) is 0 Å². The number of H-pyrrole nitrogens is 1. The lowest BCUT2D eigenvalue weighted by molar-refractivity contribution is -0.138. The van der Waals surface area contributed by atoms with Crippen molar-refractivity contribution in [2.24, 2.45) is 0 Å². The second kappa shape index (κ2) is 7.19. The number of alkyl halides is 2. The van der Waals surface area contributed by atoms with Crippen LogP contribution in [0, 0.1) is 0 Å². The quantitative estimate of drug-likeness (QED) is 0.534. The molecule has 5 heteroatoms. The molecule has 0 bridgehead atoms. The third kappa shape index (κ3) is 4.65. The maximum absolute atomic E-state index is 10.7. The molecule has 1 aromatic heterocycles. The van der Waals surface area contributed by atoms with E-state index in [1.54, 1.807) is 0 Å². The van der Waals surface area contributed by atoms with E-state index < -0.39 is 10.3 Å². The lowest BCUT2D eigenvalue weighted by Gasteiger charge is -2.13. The van der Waals surface area contributed by atoms with Gasteiger partial charge in [0.2, 0.25) is 4.33 Å². The number of aliphatic carboxylic acids is 1. The van der Waals surface area contributed by atoms with Crippen LogP contribution >= 0.6 is 23.2 Å². The van der Waals surface area contributed by atoms with Crippen molar-refractivity contribution >= 4 is 40.1 Å². The first kappa shape index (κ1) is 16.2. The standard InChI is InChI=1S/C16H19Cl2NO2/c17-16(18,15(20)21)10-6-2-1-3-8-13-11-12-7-4-5-9-14(12)19-13/h4-5,7,9,11,19H,1-3,6,8,10H2,(H,20,21). The van der Waals surface area contributed by atoms with E-state index >= 15 is 0 Å². The Kier molecular flexibility index (Phi) is 5.54. The smallest absolute Gasteiger partial charge is 0.340 e. The number of aromatic nitrogens is 1. The van der Waals surface area contributed by atoms with Gasteiger partial charge in [-0.05, 0) is 43.2 Å². The summed E-state index contributed by atoms with van der Waals surface area (Å²) in [6.07, 6.45) is 5.06. The van der Waals surface area contributed by atoms with Crippen molar-refractivity contribution in [1.82, 2.24) is 4.98 Å². The van der Waals surface area contributed by atoms with Crippen LogP contribution in [0.3, 0.4) is 0 Å². The molecule has 2 rings (SSSR count). The highest BCUT2D eigenvalue weighted by Gasteiger charge is 2.32. The Morgan fingerprint density at radius 3 is 2.57 bits per heavy atom. The van der Waals surface area contributed by atoms with Gasteiger partial charge in [0.1, 0.15) is 0 Å². The van der Waals surface area contributed by atoms with Crippen LogP contribution in [0.15, 0.2) is 30.3 Å². The fraction of sp³-hybridized carbons (Fsp3) is 0.438. The maximum Gasteiger partial charge on any atom is 0.340 e. The highest BCUT2D eigenvalue weighted by atomic mass is 35.5. The number of aromatic amines is 1. The molecule has 2 N–H and O–H groups in total. The van der Waals surface area contributed by atoms with Gasteiger partial charge in [-0.3, -0.25) is 0 Å². The number of benzene rings is 1. The van der Waals surface area contributed by atoms with E-state index in [2.05, 4.69) is 23.2 Å². The van der Waals surface area contributed by atoms with E-state index in [4.69, 9.17) is 28.3 Å². The summed E-state index contributed by atoms with van der Waals surface area (Å²) in [7, 11) is 0. The molecule has 1 aromatic carbocycles. The zero-order chi connectivity index (χ0) is 15.3. The molecule has 0 radical (unpaired) electrons. The molecule has 2 aromatic rings. The Morgan fingerprint density at radius 1 is 1.14 bits per heavy atom. The van der Waals surface area contributed by atoms with Crippen molar-refractivity contribution in [3.8, 4) is 0 Å². The van der Waals surface area contributed by atoms with Crippen molar-refractivity contribution in [3.63, 3.8) is 0 Å². The molecular weight excluding hydrogens is 309 g/mol. The summed E-state index contributed by atoms with van der Waals surface area (Å²) in [5, 5.41) is 10.0. The zero-order valence-electron chi connectivity index (χ0n) is 11.7. The Balaban J connectivity index is 1.67. The monoisotopic (exact) mass is 327 g/mol. The molecule has 0 fully saturated rings. The van der Waals surface area contributed by atoms with Crippen molar-refractivity contribution in [2.45, 2.75) is 42.9 Å². The van der Waals surface area contributed by atoms with Gasteiger partial charge in [-0.2, -0.15) is 0 Å². The predicted molar refractivity (Wildman–Crippen MR) is 87.2 cm³/mol. The average molecular weight is 328 g/mol. The van der Waals surface area contributed by atoms with Crippen molar-refractivity contribution in [3.05, 3.63) is 36.0 Å². The second-order valence-electron chi connectivity index (χ2n) is 5.31. The van der Waals surface area contributed by atoms with E-state index in [-0.39, 0.29) is 6.42 Å². The van der Waals surface area contributed by atoms with Gasteiger partial charge in [-0.25, -0.2) is 4.79 Å². The minimum Gasteiger partial charge on any atom is -0.479 e. The number of nitrogens with one attached hydrogen (secondary N) is 1. The van der Waals surface area contributed by atoms with Crippen LogP contribution in [0.1, 0.15) is 37.8 Å². The van der Waals surface area contributed by atoms with Gasteiger partial charge in [0, 0.05) is 11.2 Å².